The van der Waals surface area contributed by atoms with Gasteiger partial charge in [-0.15, -0.1) is 0 Å². The molecule has 1 aromatic carbocycles. The Balaban J connectivity index is 1.80. The molecule has 8 heteroatoms. The lowest BCUT2D eigenvalue weighted by Gasteiger charge is -2.37. The van der Waals surface area contributed by atoms with Gasteiger partial charge in [0.15, 0.2) is 0 Å². The molecule has 1 saturated heterocycles. The number of benzene rings is 1. The molecule has 146 valence electrons. The van der Waals surface area contributed by atoms with Crippen molar-refractivity contribution < 1.29 is 19.1 Å². The molecule has 0 bridgehead atoms. The molecule has 1 aromatic heterocycles. The second kappa shape index (κ2) is 7.09. The molecule has 0 atom stereocenters. The van der Waals surface area contributed by atoms with Crippen LogP contribution in [0.25, 0.3) is 10.9 Å². The van der Waals surface area contributed by atoms with E-state index in [0.717, 1.165) is 11.1 Å². The molecule has 1 amide bonds. The Kier molecular flexibility index (Phi) is 4.99. The number of aryl methyl sites for hydroxylation is 1. The average Bonchev–Trinajstić information content (AvgIpc) is 3.00. The summed E-state index contributed by atoms with van der Waals surface area (Å²) in [5.74, 6) is -0.403. The Morgan fingerprint density at radius 3 is 2.37 bits per heavy atom. The predicted molar refractivity (Wildman–Crippen MR) is 102 cm³/mol. The van der Waals surface area contributed by atoms with E-state index in [0.29, 0.717) is 37.3 Å². The van der Waals surface area contributed by atoms with Gasteiger partial charge in [-0.2, -0.15) is 5.10 Å². The standard InChI is InChI=1S/C19H26N4O4/c1-19(2,3)27-18(25)23-10-8-22(9-11-23)15-7-6-13(17(24)26-5)16-14(15)12-21(4)20-16/h6-7,12H,8-11H2,1-5H3. The maximum absolute atomic E-state index is 12.2. The molecule has 1 aliphatic heterocycles. The largest absolute Gasteiger partial charge is 0.465 e. The first-order valence-corrected chi connectivity index (χ1v) is 8.97. The quantitative estimate of drug-likeness (QED) is 0.752. The van der Waals surface area contributed by atoms with Crippen molar-refractivity contribution in [2.24, 2.45) is 7.05 Å². The maximum atomic E-state index is 12.2. The Labute approximate surface area is 158 Å². The highest BCUT2D eigenvalue weighted by Crippen LogP contribution is 2.30. The van der Waals surface area contributed by atoms with Gasteiger partial charge >= 0.3 is 12.1 Å². The number of piperazine rings is 1. The lowest BCUT2D eigenvalue weighted by Crippen LogP contribution is -2.50. The van der Waals surface area contributed by atoms with Crippen LogP contribution in [0.1, 0.15) is 31.1 Å². The highest BCUT2D eigenvalue weighted by atomic mass is 16.6. The zero-order valence-electron chi connectivity index (χ0n) is 16.5. The van der Waals surface area contributed by atoms with Crippen LogP contribution in [0.15, 0.2) is 18.3 Å². The van der Waals surface area contributed by atoms with Crippen molar-refractivity contribution in [3.8, 4) is 0 Å². The van der Waals surface area contributed by atoms with Crippen LogP contribution in [0.2, 0.25) is 0 Å². The van der Waals surface area contributed by atoms with E-state index in [9.17, 15) is 9.59 Å². The Morgan fingerprint density at radius 1 is 1.11 bits per heavy atom. The fourth-order valence-electron chi connectivity index (χ4n) is 3.21. The summed E-state index contributed by atoms with van der Waals surface area (Å²) < 4.78 is 12.0. The first kappa shape index (κ1) is 19.0. The van der Waals surface area contributed by atoms with Gasteiger partial charge in [-0.1, -0.05) is 0 Å². The molecule has 0 radical (unpaired) electrons. The van der Waals surface area contributed by atoms with E-state index >= 15 is 0 Å². The Morgan fingerprint density at radius 2 is 1.78 bits per heavy atom. The van der Waals surface area contributed by atoms with Crippen LogP contribution in [-0.4, -0.2) is 65.6 Å². The Bertz CT molecular complexity index is 860. The number of carbonyl (C=O) groups excluding carboxylic acids is 2. The molecule has 1 aliphatic rings. The molecule has 0 aliphatic carbocycles. The summed E-state index contributed by atoms with van der Waals surface area (Å²) in [6.07, 6.45) is 1.62. The number of esters is 1. The third-order valence-electron chi connectivity index (χ3n) is 4.45. The van der Waals surface area contributed by atoms with Gasteiger partial charge in [0.1, 0.15) is 11.1 Å². The second-order valence-electron chi connectivity index (χ2n) is 7.64. The minimum atomic E-state index is -0.500. The summed E-state index contributed by atoms with van der Waals surface area (Å²) >= 11 is 0. The van der Waals surface area contributed by atoms with Crippen molar-refractivity contribution in [2.45, 2.75) is 26.4 Å². The highest BCUT2D eigenvalue weighted by molar-refractivity contribution is 6.06. The van der Waals surface area contributed by atoms with Crippen molar-refractivity contribution in [1.82, 2.24) is 14.7 Å². The van der Waals surface area contributed by atoms with Gasteiger partial charge in [0.05, 0.1) is 12.7 Å². The summed E-state index contributed by atoms with van der Waals surface area (Å²) in [4.78, 5) is 28.2. The molecule has 0 spiro atoms. The number of carbonyl (C=O) groups is 2. The van der Waals surface area contributed by atoms with Crippen LogP contribution in [0.3, 0.4) is 0 Å². The van der Waals surface area contributed by atoms with Crippen LogP contribution in [-0.2, 0) is 16.5 Å². The molecule has 0 saturated carbocycles. The number of hydrogen-bond donors (Lipinski definition) is 0. The minimum absolute atomic E-state index is 0.283. The molecule has 0 unspecified atom stereocenters. The number of fused-ring (bicyclic) bond motifs is 1. The molecule has 2 aromatic rings. The smallest absolute Gasteiger partial charge is 0.410 e. The normalized spacial score (nSPS) is 15.1. The zero-order chi connectivity index (χ0) is 19.8. The van der Waals surface area contributed by atoms with Crippen LogP contribution in [0, 0.1) is 0 Å². The van der Waals surface area contributed by atoms with Crippen molar-refractivity contribution in [3.63, 3.8) is 0 Å². The number of aromatic nitrogens is 2. The summed E-state index contributed by atoms with van der Waals surface area (Å²) in [6.45, 7) is 8.11. The first-order chi connectivity index (χ1) is 12.7. The van der Waals surface area contributed by atoms with Crippen LogP contribution < -0.4 is 4.90 Å². The summed E-state index contributed by atoms with van der Waals surface area (Å²) in [6, 6.07) is 3.66. The van der Waals surface area contributed by atoms with Gasteiger partial charge in [-0.05, 0) is 32.9 Å². The number of nitrogens with zero attached hydrogens (tertiary/aromatic N) is 4. The third-order valence-corrected chi connectivity index (χ3v) is 4.45. The maximum Gasteiger partial charge on any atom is 0.410 e. The molecule has 0 N–H and O–H groups in total. The van der Waals surface area contributed by atoms with Crippen LogP contribution in [0.4, 0.5) is 10.5 Å². The minimum Gasteiger partial charge on any atom is -0.465 e. The van der Waals surface area contributed by atoms with E-state index in [2.05, 4.69) is 10.00 Å². The first-order valence-electron chi connectivity index (χ1n) is 8.97. The summed E-state index contributed by atoms with van der Waals surface area (Å²) in [5.41, 5.74) is 1.56. The third kappa shape index (κ3) is 3.99. The lowest BCUT2D eigenvalue weighted by atomic mass is 10.1. The van der Waals surface area contributed by atoms with E-state index in [1.54, 1.807) is 15.6 Å². The van der Waals surface area contributed by atoms with E-state index in [1.807, 2.05) is 40.1 Å². The number of methoxy groups -OCH3 is 1. The topological polar surface area (TPSA) is 76.9 Å². The second-order valence-corrected chi connectivity index (χ2v) is 7.64. The van der Waals surface area contributed by atoms with Crippen molar-refractivity contribution in [2.75, 3.05) is 38.2 Å². The van der Waals surface area contributed by atoms with Crippen molar-refractivity contribution >= 4 is 28.7 Å². The van der Waals surface area contributed by atoms with E-state index in [4.69, 9.17) is 9.47 Å². The van der Waals surface area contributed by atoms with Gasteiger partial charge in [0.2, 0.25) is 0 Å². The van der Waals surface area contributed by atoms with Crippen LogP contribution >= 0.6 is 0 Å². The number of anilines is 1. The van der Waals surface area contributed by atoms with Gasteiger partial charge in [-0.3, -0.25) is 4.68 Å². The van der Waals surface area contributed by atoms with Gasteiger partial charge < -0.3 is 19.3 Å². The van der Waals surface area contributed by atoms with Gasteiger partial charge in [-0.25, -0.2) is 9.59 Å². The van der Waals surface area contributed by atoms with Crippen molar-refractivity contribution in [3.05, 3.63) is 23.9 Å². The van der Waals surface area contributed by atoms with E-state index < -0.39 is 11.6 Å². The number of hydrogen-bond acceptors (Lipinski definition) is 6. The molecule has 1 fully saturated rings. The zero-order valence-corrected chi connectivity index (χ0v) is 16.5. The average molecular weight is 374 g/mol. The summed E-state index contributed by atoms with van der Waals surface area (Å²) in [7, 11) is 3.19. The number of amides is 1. The molecule has 3 rings (SSSR count). The molecule has 8 nitrogen and oxygen atoms in total. The fourth-order valence-corrected chi connectivity index (χ4v) is 3.21. The molecule has 27 heavy (non-hydrogen) atoms. The summed E-state index contributed by atoms with van der Waals surface area (Å²) in [5, 5.41) is 5.32. The SMILES string of the molecule is COC(=O)c1ccc(N2CCN(C(=O)OC(C)(C)C)CC2)c2cn(C)nc12. The molecule has 2 heterocycles. The van der Waals surface area contributed by atoms with Crippen molar-refractivity contribution in [1.29, 1.82) is 0 Å². The lowest BCUT2D eigenvalue weighted by molar-refractivity contribution is 0.0240. The van der Waals surface area contributed by atoms with E-state index in [-0.39, 0.29) is 6.09 Å². The van der Waals surface area contributed by atoms with Gasteiger partial charge in [0, 0.05) is 50.5 Å². The van der Waals surface area contributed by atoms with E-state index in [1.165, 1.54) is 7.11 Å². The van der Waals surface area contributed by atoms with Crippen LogP contribution in [0.5, 0.6) is 0 Å². The highest BCUT2D eigenvalue weighted by Gasteiger charge is 2.27. The fraction of sp³-hybridized carbons (Fsp3) is 0.526. The molecular weight excluding hydrogens is 348 g/mol. The number of ether oxygens (including phenoxy) is 2. The number of rotatable bonds is 2. The Hall–Kier alpha value is -2.77. The molecular formula is C19H26N4O4. The predicted octanol–water partition coefficient (Wildman–Crippen LogP) is 2.42. The monoisotopic (exact) mass is 374 g/mol. The van der Waals surface area contributed by atoms with Gasteiger partial charge in [0.25, 0.3) is 0 Å².